The number of carbonyl (C=O) groups is 1. The fraction of sp³-hybridized carbons (Fsp3) is 0.316. The molecule has 0 spiro atoms. The van der Waals surface area contributed by atoms with Crippen LogP contribution in [0.2, 0.25) is 0 Å². The first-order valence-electron chi connectivity index (χ1n) is 7.60. The van der Waals surface area contributed by atoms with Gasteiger partial charge in [0.15, 0.2) is 6.61 Å². The Bertz CT molecular complexity index is 665. The minimum Gasteiger partial charge on any atom is -0.484 e. The Hall–Kier alpha value is -2.36. The van der Waals surface area contributed by atoms with Crippen LogP contribution < -0.4 is 10.1 Å². The lowest BCUT2D eigenvalue weighted by Gasteiger charge is -2.26. The van der Waals surface area contributed by atoms with Crippen molar-refractivity contribution in [2.75, 3.05) is 13.2 Å². The summed E-state index contributed by atoms with van der Waals surface area (Å²) >= 11 is 0. The fourth-order valence-corrected chi connectivity index (χ4v) is 2.26. The second-order valence-electron chi connectivity index (χ2n) is 6.24. The molecule has 2 aromatic carbocycles. The zero-order valence-corrected chi connectivity index (χ0v) is 13.7. The normalized spacial score (nSPS) is 11.1. The third kappa shape index (κ3) is 4.81. The summed E-state index contributed by atoms with van der Waals surface area (Å²) in [5, 5.41) is 2.80. The first-order valence-corrected chi connectivity index (χ1v) is 7.60. The van der Waals surface area contributed by atoms with Crippen LogP contribution in [0.15, 0.2) is 48.5 Å². The Kier molecular flexibility index (Phi) is 5.37. The summed E-state index contributed by atoms with van der Waals surface area (Å²) < 4.78 is 19.3. The van der Waals surface area contributed by atoms with E-state index in [-0.39, 0.29) is 18.3 Å². The average Bonchev–Trinajstić information content (AvgIpc) is 2.53. The van der Waals surface area contributed by atoms with Crippen molar-refractivity contribution < 1.29 is 13.9 Å². The van der Waals surface area contributed by atoms with Crippen LogP contribution in [0.4, 0.5) is 4.39 Å². The zero-order valence-electron chi connectivity index (χ0n) is 13.7. The Morgan fingerprint density at radius 1 is 1.13 bits per heavy atom. The van der Waals surface area contributed by atoms with E-state index in [1.165, 1.54) is 6.07 Å². The van der Waals surface area contributed by atoms with Gasteiger partial charge in [-0.25, -0.2) is 4.39 Å². The number of carbonyl (C=O) groups excluding carboxylic acids is 1. The predicted molar refractivity (Wildman–Crippen MR) is 89.1 cm³/mol. The van der Waals surface area contributed by atoms with Crippen LogP contribution >= 0.6 is 0 Å². The van der Waals surface area contributed by atoms with Gasteiger partial charge >= 0.3 is 0 Å². The molecule has 0 aromatic heterocycles. The Morgan fingerprint density at radius 2 is 1.78 bits per heavy atom. The molecule has 0 fully saturated rings. The van der Waals surface area contributed by atoms with Gasteiger partial charge in [0.05, 0.1) is 0 Å². The topological polar surface area (TPSA) is 38.3 Å². The summed E-state index contributed by atoms with van der Waals surface area (Å²) in [7, 11) is 0. The van der Waals surface area contributed by atoms with Crippen molar-refractivity contribution in [3.05, 3.63) is 65.5 Å². The van der Waals surface area contributed by atoms with Crippen molar-refractivity contribution in [2.45, 2.75) is 26.2 Å². The Labute approximate surface area is 136 Å². The van der Waals surface area contributed by atoms with Gasteiger partial charge in [-0.2, -0.15) is 0 Å². The molecule has 0 bridgehead atoms. The molecule has 0 heterocycles. The van der Waals surface area contributed by atoms with E-state index in [0.717, 1.165) is 5.56 Å². The largest absolute Gasteiger partial charge is 0.484 e. The molecule has 122 valence electrons. The third-order valence-corrected chi connectivity index (χ3v) is 3.72. The number of benzene rings is 2. The van der Waals surface area contributed by atoms with Crippen LogP contribution in [-0.4, -0.2) is 19.1 Å². The molecule has 0 aliphatic carbocycles. The molecule has 0 unspecified atom stereocenters. The summed E-state index contributed by atoms with van der Waals surface area (Å²) in [5.74, 6) is 0.164. The van der Waals surface area contributed by atoms with Crippen LogP contribution in [0.5, 0.6) is 5.75 Å². The lowest BCUT2D eigenvalue weighted by atomic mass is 9.84. The number of hydrogen-bond acceptors (Lipinski definition) is 2. The number of rotatable bonds is 6. The lowest BCUT2D eigenvalue weighted by molar-refractivity contribution is -0.123. The Balaban J connectivity index is 1.86. The average molecular weight is 315 g/mol. The maximum absolute atomic E-state index is 13.9. The van der Waals surface area contributed by atoms with E-state index in [1.807, 2.05) is 45.0 Å². The SMILES string of the molecule is Cc1ccc(OCC(=O)NCC(C)(C)c2ccccc2F)cc1. The van der Waals surface area contributed by atoms with Crippen molar-refractivity contribution in [3.8, 4) is 5.75 Å². The molecule has 0 saturated heterocycles. The van der Waals surface area contributed by atoms with Gasteiger partial charge < -0.3 is 10.1 Å². The molecule has 0 saturated carbocycles. The number of aryl methyl sites for hydroxylation is 1. The standard InChI is InChI=1S/C19H22FNO2/c1-14-8-10-15(11-9-14)23-12-18(22)21-13-19(2,3)16-6-4-5-7-17(16)20/h4-11H,12-13H2,1-3H3,(H,21,22). The van der Waals surface area contributed by atoms with Gasteiger partial charge in [-0.1, -0.05) is 49.7 Å². The van der Waals surface area contributed by atoms with Crippen LogP contribution in [0.25, 0.3) is 0 Å². The summed E-state index contributed by atoms with van der Waals surface area (Å²) in [5.41, 5.74) is 1.22. The smallest absolute Gasteiger partial charge is 0.257 e. The molecule has 0 radical (unpaired) electrons. The van der Waals surface area contributed by atoms with Gasteiger partial charge in [0.1, 0.15) is 11.6 Å². The van der Waals surface area contributed by atoms with E-state index < -0.39 is 5.41 Å². The molecule has 2 rings (SSSR count). The summed E-state index contributed by atoms with van der Waals surface area (Å²) in [4.78, 5) is 11.9. The van der Waals surface area contributed by atoms with Gasteiger partial charge in [0.25, 0.3) is 5.91 Å². The van der Waals surface area contributed by atoms with Crippen LogP contribution in [0.1, 0.15) is 25.0 Å². The summed E-state index contributed by atoms with van der Waals surface area (Å²) in [6.07, 6.45) is 0. The summed E-state index contributed by atoms with van der Waals surface area (Å²) in [6, 6.07) is 14.1. The highest BCUT2D eigenvalue weighted by Gasteiger charge is 2.24. The molecule has 1 N–H and O–H groups in total. The molecule has 23 heavy (non-hydrogen) atoms. The lowest BCUT2D eigenvalue weighted by Crippen LogP contribution is -2.39. The van der Waals surface area contributed by atoms with Gasteiger partial charge in [0.2, 0.25) is 0 Å². The molecule has 0 aliphatic heterocycles. The first-order chi connectivity index (χ1) is 10.9. The molecule has 1 amide bonds. The highest BCUT2D eigenvalue weighted by atomic mass is 19.1. The highest BCUT2D eigenvalue weighted by Crippen LogP contribution is 2.24. The van der Waals surface area contributed by atoms with Crippen LogP contribution in [0, 0.1) is 12.7 Å². The van der Waals surface area contributed by atoms with Gasteiger partial charge in [0, 0.05) is 12.0 Å². The van der Waals surface area contributed by atoms with Crippen molar-refractivity contribution in [1.29, 1.82) is 0 Å². The number of nitrogens with one attached hydrogen (secondary N) is 1. The fourth-order valence-electron chi connectivity index (χ4n) is 2.26. The van der Waals surface area contributed by atoms with Crippen molar-refractivity contribution in [1.82, 2.24) is 5.32 Å². The van der Waals surface area contributed by atoms with E-state index in [9.17, 15) is 9.18 Å². The van der Waals surface area contributed by atoms with E-state index in [2.05, 4.69) is 5.32 Å². The maximum atomic E-state index is 13.9. The second kappa shape index (κ2) is 7.27. The Morgan fingerprint density at radius 3 is 2.43 bits per heavy atom. The minimum absolute atomic E-state index is 0.0591. The van der Waals surface area contributed by atoms with Crippen molar-refractivity contribution in [3.63, 3.8) is 0 Å². The number of ether oxygens (including phenoxy) is 1. The minimum atomic E-state index is -0.495. The van der Waals surface area contributed by atoms with Gasteiger partial charge in [-0.05, 0) is 30.7 Å². The van der Waals surface area contributed by atoms with E-state index in [1.54, 1.807) is 18.2 Å². The van der Waals surface area contributed by atoms with Crippen molar-refractivity contribution >= 4 is 5.91 Å². The molecule has 3 nitrogen and oxygen atoms in total. The molecule has 2 aromatic rings. The second-order valence-corrected chi connectivity index (χ2v) is 6.24. The van der Waals surface area contributed by atoms with Gasteiger partial charge in [-0.15, -0.1) is 0 Å². The molecule has 0 aliphatic rings. The van der Waals surface area contributed by atoms with Crippen LogP contribution in [-0.2, 0) is 10.2 Å². The highest BCUT2D eigenvalue weighted by molar-refractivity contribution is 5.77. The quantitative estimate of drug-likeness (QED) is 0.884. The van der Waals surface area contributed by atoms with E-state index in [4.69, 9.17) is 4.74 Å². The molecular formula is C19H22FNO2. The molecule has 4 heteroatoms. The number of halogens is 1. The monoisotopic (exact) mass is 315 g/mol. The first kappa shape index (κ1) is 17.0. The molecular weight excluding hydrogens is 293 g/mol. The zero-order chi connectivity index (χ0) is 16.9. The van der Waals surface area contributed by atoms with E-state index in [0.29, 0.717) is 17.9 Å². The maximum Gasteiger partial charge on any atom is 0.257 e. The van der Waals surface area contributed by atoms with E-state index >= 15 is 0 Å². The number of amides is 1. The summed E-state index contributed by atoms with van der Waals surface area (Å²) in [6.45, 7) is 6.06. The van der Waals surface area contributed by atoms with Crippen molar-refractivity contribution in [2.24, 2.45) is 0 Å². The predicted octanol–water partition coefficient (Wildman–Crippen LogP) is 3.61. The third-order valence-electron chi connectivity index (χ3n) is 3.72. The van der Waals surface area contributed by atoms with Crippen LogP contribution in [0.3, 0.4) is 0 Å². The van der Waals surface area contributed by atoms with Gasteiger partial charge in [-0.3, -0.25) is 4.79 Å². The number of hydrogen-bond donors (Lipinski definition) is 1. The molecule has 0 atom stereocenters.